The molecule has 0 spiro atoms. The van der Waals surface area contributed by atoms with Crippen molar-refractivity contribution in [1.82, 2.24) is 10.6 Å². The quantitative estimate of drug-likeness (QED) is 0.893. The minimum Gasteiger partial charge on any atom is -0.357 e. The monoisotopic (exact) mass is 282 g/mol. The molecule has 0 radical (unpaired) electrons. The van der Waals surface area contributed by atoms with Crippen molar-refractivity contribution >= 4 is 23.4 Å². The molecule has 1 rings (SSSR count). The first-order valence-electron chi connectivity index (χ1n) is 6.03. The van der Waals surface area contributed by atoms with E-state index in [-0.39, 0.29) is 17.2 Å². The second kappa shape index (κ2) is 6.06. The van der Waals surface area contributed by atoms with Crippen LogP contribution >= 0.6 is 11.6 Å². The second-order valence-electron chi connectivity index (χ2n) is 5.39. The fraction of sp³-hybridized carbons (Fsp3) is 0.429. The summed E-state index contributed by atoms with van der Waals surface area (Å²) in [6, 6.07) is 5.94. The van der Waals surface area contributed by atoms with Gasteiger partial charge < -0.3 is 10.6 Å². The molecule has 0 fully saturated rings. The predicted octanol–water partition coefficient (Wildman–Crippen LogP) is 2.23. The molecule has 5 heteroatoms. The lowest BCUT2D eigenvalue weighted by atomic mass is 9.86. The molecule has 104 valence electrons. The lowest BCUT2D eigenvalue weighted by molar-refractivity contribution is -0.124. The smallest absolute Gasteiger partial charge is 0.251 e. The van der Waals surface area contributed by atoms with Crippen LogP contribution in [0, 0.1) is 5.41 Å². The number of rotatable bonds is 3. The summed E-state index contributed by atoms with van der Waals surface area (Å²) in [7, 11) is 1.55. The molecule has 1 aromatic carbocycles. The molecular formula is C14H19ClN2O2. The Bertz CT molecular complexity index is 463. The van der Waals surface area contributed by atoms with Crippen LogP contribution in [0.15, 0.2) is 24.3 Å². The third-order valence-electron chi connectivity index (χ3n) is 2.76. The largest absolute Gasteiger partial charge is 0.357 e. The molecule has 1 aromatic rings. The van der Waals surface area contributed by atoms with Crippen molar-refractivity contribution in [3.05, 3.63) is 34.9 Å². The van der Waals surface area contributed by atoms with Gasteiger partial charge in [-0.2, -0.15) is 0 Å². The average molecular weight is 283 g/mol. The van der Waals surface area contributed by atoms with Crippen molar-refractivity contribution in [2.45, 2.75) is 26.8 Å². The minimum absolute atomic E-state index is 0.213. The molecule has 2 amide bonds. The summed E-state index contributed by atoms with van der Waals surface area (Å²) in [6.07, 6.45) is 0. The first kappa shape index (κ1) is 15.5. The van der Waals surface area contributed by atoms with Crippen molar-refractivity contribution < 1.29 is 9.59 Å². The minimum atomic E-state index is -0.597. The molecule has 0 aliphatic carbocycles. The first-order valence-corrected chi connectivity index (χ1v) is 6.41. The van der Waals surface area contributed by atoms with Crippen molar-refractivity contribution in [2.24, 2.45) is 5.41 Å². The Morgan fingerprint density at radius 1 is 1.16 bits per heavy atom. The highest BCUT2D eigenvalue weighted by molar-refractivity contribution is 6.30. The highest BCUT2D eigenvalue weighted by Gasteiger charge is 2.32. The van der Waals surface area contributed by atoms with Crippen molar-refractivity contribution in [2.75, 3.05) is 7.05 Å². The Hall–Kier alpha value is -1.55. The third-order valence-corrected chi connectivity index (χ3v) is 3.01. The highest BCUT2D eigenvalue weighted by Crippen LogP contribution is 2.20. The van der Waals surface area contributed by atoms with Gasteiger partial charge >= 0.3 is 0 Å². The molecule has 0 bridgehead atoms. The van der Waals surface area contributed by atoms with Crippen LogP contribution in [-0.2, 0) is 4.79 Å². The summed E-state index contributed by atoms with van der Waals surface area (Å²) in [6.45, 7) is 5.69. The number of halogens is 1. The Morgan fingerprint density at radius 3 is 2.11 bits per heavy atom. The van der Waals surface area contributed by atoms with E-state index in [1.54, 1.807) is 31.3 Å². The van der Waals surface area contributed by atoms with Gasteiger partial charge in [0.1, 0.15) is 6.04 Å². The average Bonchev–Trinajstić information content (AvgIpc) is 2.34. The summed E-state index contributed by atoms with van der Waals surface area (Å²) >= 11 is 5.77. The van der Waals surface area contributed by atoms with Crippen LogP contribution in [0.4, 0.5) is 0 Å². The standard InChI is InChI=1S/C14H19ClN2O2/c1-14(2,3)11(13(19)16-4)17-12(18)9-5-7-10(15)8-6-9/h5-8,11H,1-4H3,(H,16,19)(H,17,18)/t11-/m1/s1. The molecule has 0 aromatic heterocycles. The maximum absolute atomic E-state index is 12.1. The van der Waals surface area contributed by atoms with E-state index in [1.807, 2.05) is 20.8 Å². The van der Waals surface area contributed by atoms with Gasteiger partial charge in [0, 0.05) is 17.6 Å². The molecule has 0 saturated heterocycles. The molecule has 0 saturated carbocycles. The number of amides is 2. The highest BCUT2D eigenvalue weighted by atomic mass is 35.5. The third kappa shape index (κ3) is 4.24. The summed E-state index contributed by atoms with van der Waals surface area (Å²) in [5.74, 6) is -0.505. The molecule has 0 aliphatic heterocycles. The Balaban J connectivity index is 2.88. The number of hydrogen-bond acceptors (Lipinski definition) is 2. The van der Waals surface area contributed by atoms with Crippen LogP contribution in [-0.4, -0.2) is 24.9 Å². The number of nitrogens with one attached hydrogen (secondary N) is 2. The maximum atomic E-state index is 12.1. The number of hydrogen-bond donors (Lipinski definition) is 2. The van der Waals surface area contributed by atoms with E-state index in [1.165, 1.54) is 0 Å². The van der Waals surface area contributed by atoms with Gasteiger partial charge in [0.15, 0.2) is 0 Å². The summed E-state index contributed by atoms with van der Waals surface area (Å²) in [4.78, 5) is 23.9. The lowest BCUT2D eigenvalue weighted by Gasteiger charge is -2.29. The van der Waals surface area contributed by atoms with Crippen molar-refractivity contribution in [3.63, 3.8) is 0 Å². The van der Waals surface area contributed by atoms with Gasteiger partial charge in [0.2, 0.25) is 5.91 Å². The van der Waals surface area contributed by atoms with Crippen LogP contribution in [0.3, 0.4) is 0 Å². The molecule has 2 N–H and O–H groups in total. The molecule has 0 aliphatic rings. The number of likely N-dealkylation sites (N-methyl/N-ethyl adjacent to an activating group) is 1. The zero-order chi connectivity index (χ0) is 14.6. The van der Waals surface area contributed by atoms with Gasteiger partial charge in [-0.1, -0.05) is 32.4 Å². The van der Waals surface area contributed by atoms with E-state index >= 15 is 0 Å². The number of carbonyl (C=O) groups excluding carboxylic acids is 2. The Kier molecular flexibility index (Phi) is 4.95. The lowest BCUT2D eigenvalue weighted by Crippen LogP contribution is -2.52. The fourth-order valence-corrected chi connectivity index (χ4v) is 1.76. The van der Waals surface area contributed by atoms with Crippen LogP contribution in [0.25, 0.3) is 0 Å². The molecule has 4 nitrogen and oxygen atoms in total. The van der Waals surface area contributed by atoms with Gasteiger partial charge in [-0.05, 0) is 29.7 Å². The van der Waals surface area contributed by atoms with E-state index < -0.39 is 6.04 Å². The fourth-order valence-electron chi connectivity index (χ4n) is 1.64. The number of benzene rings is 1. The zero-order valence-electron chi connectivity index (χ0n) is 11.6. The molecular weight excluding hydrogens is 264 g/mol. The van der Waals surface area contributed by atoms with E-state index in [0.717, 1.165) is 0 Å². The van der Waals surface area contributed by atoms with Crippen molar-refractivity contribution in [3.8, 4) is 0 Å². The van der Waals surface area contributed by atoms with Crippen molar-refractivity contribution in [1.29, 1.82) is 0 Å². The Labute approximate surface area is 118 Å². The Morgan fingerprint density at radius 2 is 1.68 bits per heavy atom. The van der Waals surface area contributed by atoms with Crippen LogP contribution in [0.5, 0.6) is 0 Å². The van der Waals surface area contributed by atoms with Crippen LogP contribution < -0.4 is 10.6 Å². The molecule has 1 atom stereocenters. The summed E-state index contributed by atoms with van der Waals surface area (Å²) < 4.78 is 0. The molecule has 19 heavy (non-hydrogen) atoms. The number of carbonyl (C=O) groups is 2. The summed E-state index contributed by atoms with van der Waals surface area (Å²) in [5.41, 5.74) is 0.102. The SMILES string of the molecule is CNC(=O)[C@@H](NC(=O)c1ccc(Cl)cc1)C(C)(C)C. The molecule has 0 heterocycles. The second-order valence-corrected chi connectivity index (χ2v) is 5.83. The topological polar surface area (TPSA) is 58.2 Å². The van der Waals surface area contributed by atoms with Gasteiger partial charge in [-0.25, -0.2) is 0 Å². The maximum Gasteiger partial charge on any atom is 0.251 e. The van der Waals surface area contributed by atoms with Gasteiger partial charge in [-0.3, -0.25) is 9.59 Å². The van der Waals surface area contributed by atoms with Crippen LogP contribution in [0.1, 0.15) is 31.1 Å². The van der Waals surface area contributed by atoms with Crippen LogP contribution in [0.2, 0.25) is 5.02 Å². The van der Waals surface area contributed by atoms with E-state index in [4.69, 9.17) is 11.6 Å². The van der Waals surface area contributed by atoms with E-state index in [2.05, 4.69) is 10.6 Å². The van der Waals surface area contributed by atoms with Gasteiger partial charge in [0.05, 0.1) is 0 Å². The van der Waals surface area contributed by atoms with E-state index in [9.17, 15) is 9.59 Å². The first-order chi connectivity index (χ1) is 8.75. The summed E-state index contributed by atoms with van der Waals surface area (Å²) in [5, 5.41) is 5.88. The van der Waals surface area contributed by atoms with E-state index in [0.29, 0.717) is 10.6 Å². The normalized spacial score (nSPS) is 12.7. The zero-order valence-corrected chi connectivity index (χ0v) is 12.3. The molecule has 0 unspecified atom stereocenters. The van der Waals surface area contributed by atoms with Gasteiger partial charge in [-0.15, -0.1) is 0 Å². The van der Waals surface area contributed by atoms with Gasteiger partial charge in [0.25, 0.3) is 5.91 Å². The predicted molar refractivity (Wildman–Crippen MR) is 76.2 cm³/mol.